The van der Waals surface area contributed by atoms with Gasteiger partial charge in [-0.15, -0.1) is 0 Å². The Kier molecular flexibility index (Phi) is 7.08. The van der Waals surface area contributed by atoms with Crippen LogP contribution in [0.4, 0.5) is 5.69 Å². The Morgan fingerprint density at radius 2 is 1.53 bits per heavy atom. The normalized spacial score (nSPS) is 11.4. The third-order valence-electron chi connectivity index (χ3n) is 4.55. The van der Waals surface area contributed by atoms with Gasteiger partial charge in [-0.25, -0.2) is 5.06 Å². The fourth-order valence-electron chi connectivity index (χ4n) is 2.84. The highest BCUT2D eigenvalue weighted by Crippen LogP contribution is 2.20. The Bertz CT molecular complexity index is 1010. The van der Waals surface area contributed by atoms with Gasteiger partial charge in [0.2, 0.25) is 12.3 Å². The first-order chi connectivity index (χ1) is 14.6. The monoisotopic (exact) mass is 402 g/mol. The van der Waals surface area contributed by atoms with Crippen molar-refractivity contribution in [2.75, 3.05) is 5.32 Å². The fourth-order valence-corrected chi connectivity index (χ4v) is 2.84. The molecule has 0 aliphatic carbocycles. The predicted molar refractivity (Wildman–Crippen MR) is 114 cm³/mol. The molecule has 1 unspecified atom stereocenters. The summed E-state index contributed by atoms with van der Waals surface area (Å²) >= 11 is 0. The zero-order valence-corrected chi connectivity index (χ0v) is 16.5. The van der Waals surface area contributed by atoms with Crippen LogP contribution >= 0.6 is 0 Å². The Hall–Kier alpha value is -3.77. The molecule has 2 amide bonds. The number of para-hydroxylation sites is 1. The highest BCUT2D eigenvalue weighted by Gasteiger charge is 2.23. The second-order valence-electron chi connectivity index (χ2n) is 6.63. The summed E-state index contributed by atoms with van der Waals surface area (Å²) in [6.45, 7) is 1.70. The van der Waals surface area contributed by atoms with Gasteiger partial charge in [-0.05, 0) is 24.6 Å². The molecule has 1 atom stereocenters. The maximum Gasteiger partial charge on any atom is 0.249 e. The van der Waals surface area contributed by atoms with Gasteiger partial charge in [-0.2, -0.15) is 0 Å². The number of anilines is 1. The van der Waals surface area contributed by atoms with E-state index in [1.165, 1.54) is 0 Å². The Morgan fingerprint density at radius 1 is 0.933 bits per heavy atom. The maximum absolute atomic E-state index is 12.8. The molecule has 0 saturated heterocycles. The number of rotatable bonds is 9. The minimum Gasteiger partial charge on any atom is -0.324 e. The number of ketones is 1. The van der Waals surface area contributed by atoms with Gasteiger partial charge in [-0.1, -0.05) is 72.8 Å². The first-order valence-corrected chi connectivity index (χ1v) is 9.50. The van der Waals surface area contributed by atoms with Crippen LogP contribution in [0.2, 0.25) is 0 Å². The number of benzene rings is 3. The van der Waals surface area contributed by atoms with Gasteiger partial charge in [-0.3, -0.25) is 19.2 Å². The molecule has 0 bridgehead atoms. The van der Waals surface area contributed by atoms with Gasteiger partial charge in [0, 0.05) is 11.1 Å². The highest BCUT2D eigenvalue weighted by atomic mass is 16.7. The van der Waals surface area contributed by atoms with E-state index in [2.05, 4.69) is 5.32 Å². The second kappa shape index (κ2) is 10.1. The molecule has 3 aromatic carbocycles. The molecule has 152 valence electrons. The van der Waals surface area contributed by atoms with E-state index in [-0.39, 0.29) is 12.4 Å². The number of carbonyl (C=O) groups is 3. The van der Waals surface area contributed by atoms with Crippen LogP contribution in [-0.4, -0.2) is 29.2 Å². The average molecular weight is 402 g/mol. The van der Waals surface area contributed by atoms with Crippen LogP contribution in [-0.2, 0) is 21.0 Å². The Morgan fingerprint density at radius 3 is 2.20 bits per heavy atom. The summed E-state index contributed by atoms with van der Waals surface area (Å²) in [5.41, 5.74) is 2.13. The van der Waals surface area contributed by atoms with E-state index in [0.29, 0.717) is 23.2 Å². The molecule has 0 radical (unpaired) electrons. The molecule has 0 heterocycles. The summed E-state index contributed by atoms with van der Waals surface area (Å²) in [5, 5.41) is 3.70. The maximum atomic E-state index is 12.8. The molecule has 0 aromatic heterocycles. The van der Waals surface area contributed by atoms with Crippen LogP contribution in [0, 0.1) is 0 Å². The van der Waals surface area contributed by atoms with E-state index in [4.69, 9.17) is 4.84 Å². The molecular weight excluding hydrogens is 380 g/mol. The molecular formula is C24H22N2O4. The van der Waals surface area contributed by atoms with Crippen molar-refractivity contribution in [1.82, 2.24) is 5.06 Å². The number of carbonyl (C=O) groups excluding carboxylic acids is 3. The molecule has 6 heteroatoms. The van der Waals surface area contributed by atoms with Crippen molar-refractivity contribution in [3.8, 4) is 0 Å². The van der Waals surface area contributed by atoms with Crippen LogP contribution in [0.3, 0.4) is 0 Å². The lowest BCUT2D eigenvalue weighted by atomic mass is 10.0. The van der Waals surface area contributed by atoms with Crippen LogP contribution in [0.25, 0.3) is 0 Å². The number of nitrogens with one attached hydrogen (secondary N) is 1. The third kappa shape index (κ3) is 5.18. The van der Waals surface area contributed by atoms with Crippen molar-refractivity contribution in [2.45, 2.75) is 19.6 Å². The average Bonchev–Trinajstić information content (AvgIpc) is 2.80. The van der Waals surface area contributed by atoms with Crippen molar-refractivity contribution in [3.05, 3.63) is 102 Å². The van der Waals surface area contributed by atoms with E-state index in [9.17, 15) is 14.4 Å². The number of hydrogen-bond donors (Lipinski definition) is 1. The van der Waals surface area contributed by atoms with Crippen molar-refractivity contribution < 1.29 is 19.2 Å². The minimum atomic E-state index is -0.897. The van der Waals surface area contributed by atoms with Gasteiger partial charge >= 0.3 is 0 Å². The lowest BCUT2D eigenvalue weighted by molar-refractivity contribution is -0.191. The smallest absolute Gasteiger partial charge is 0.249 e. The highest BCUT2D eigenvalue weighted by molar-refractivity contribution is 6.14. The summed E-state index contributed by atoms with van der Waals surface area (Å²) in [7, 11) is 0. The van der Waals surface area contributed by atoms with Crippen molar-refractivity contribution >= 4 is 23.8 Å². The molecule has 0 fully saturated rings. The third-order valence-corrected chi connectivity index (χ3v) is 4.55. The van der Waals surface area contributed by atoms with E-state index in [0.717, 1.165) is 10.6 Å². The fraction of sp³-hybridized carbons (Fsp3) is 0.125. The van der Waals surface area contributed by atoms with Crippen LogP contribution in [0.5, 0.6) is 0 Å². The Labute approximate surface area is 175 Å². The van der Waals surface area contributed by atoms with Crippen LogP contribution in [0.15, 0.2) is 84.9 Å². The first kappa shape index (κ1) is 21.0. The number of nitrogens with zero attached hydrogens (tertiary/aromatic N) is 1. The SMILES string of the molecule is CC(C(=O)Nc1ccccc1C(=O)c1ccccc1)N(C=O)OCc1ccccc1. The van der Waals surface area contributed by atoms with Crippen LogP contribution < -0.4 is 5.32 Å². The summed E-state index contributed by atoms with van der Waals surface area (Å²) in [6.07, 6.45) is 0.466. The quantitative estimate of drug-likeness (QED) is 0.335. The molecule has 0 aliphatic heterocycles. The standard InChI is InChI=1S/C24H22N2O4/c1-18(26(17-27)30-16-19-10-4-2-5-11-19)24(29)25-22-15-9-8-14-21(22)23(28)20-12-6-3-7-13-20/h2-15,17-18H,16H2,1H3,(H,25,29). The zero-order valence-electron chi connectivity index (χ0n) is 16.5. The topological polar surface area (TPSA) is 75.7 Å². The summed E-state index contributed by atoms with van der Waals surface area (Å²) in [6, 6.07) is 24.0. The Balaban J connectivity index is 1.70. The lowest BCUT2D eigenvalue weighted by Crippen LogP contribution is -2.41. The molecule has 1 N–H and O–H groups in total. The summed E-state index contributed by atoms with van der Waals surface area (Å²) in [4.78, 5) is 42.5. The van der Waals surface area contributed by atoms with Crippen molar-refractivity contribution in [3.63, 3.8) is 0 Å². The summed E-state index contributed by atoms with van der Waals surface area (Å²) < 4.78 is 0. The first-order valence-electron chi connectivity index (χ1n) is 9.50. The number of hydrogen-bond acceptors (Lipinski definition) is 4. The van der Waals surface area contributed by atoms with Gasteiger partial charge in [0.15, 0.2) is 5.78 Å². The number of amides is 2. The number of hydroxylamine groups is 2. The molecule has 0 aliphatic rings. The van der Waals surface area contributed by atoms with Gasteiger partial charge in [0.1, 0.15) is 12.6 Å². The van der Waals surface area contributed by atoms with Crippen molar-refractivity contribution in [1.29, 1.82) is 0 Å². The predicted octanol–water partition coefficient (Wildman–Crippen LogP) is 3.83. The van der Waals surface area contributed by atoms with Gasteiger partial charge in [0.25, 0.3) is 0 Å². The van der Waals surface area contributed by atoms with E-state index < -0.39 is 11.9 Å². The summed E-state index contributed by atoms with van der Waals surface area (Å²) in [5.74, 6) is -0.671. The molecule has 30 heavy (non-hydrogen) atoms. The van der Waals surface area contributed by atoms with E-state index >= 15 is 0 Å². The minimum absolute atomic E-state index is 0.153. The molecule has 6 nitrogen and oxygen atoms in total. The molecule has 0 saturated carbocycles. The van der Waals surface area contributed by atoms with Crippen molar-refractivity contribution in [2.24, 2.45) is 0 Å². The van der Waals surface area contributed by atoms with Gasteiger partial charge in [0.05, 0.1) is 5.69 Å². The molecule has 3 aromatic rings. The van der Waals surface area contributed by atoms with E-state index in [1.54, 1.807) is 55.5 Å². The van der Waals surface area contributed by atoms with E-state index in [1.807, 2.05) is 36.4 Å². The second-order valence-corrected chi connectivity index (χ2v) is 6.63. The molecule has 0 spiro atoms. The molecule has 3 rings (SSSR count). The van der Waals surface area contributed by atoms with Gasteiger partial charge < -0.3 is 5.32 Å². The van der Waals surface area contributed by atoms with Crippen LogP contribution in [0.1, 0.15) is 28.4 Å². The lowest BCUT2D eigenvalue weighted by Gasteiger charge is -2.23. The zero-order chi connectivity index (χ0) is 21.3. The largest absolute Gasteiger partial charge is 0.324 e.